The van der Waals surface area contributed by atoms with Crippen LogP contribution in [0.1, 0.15) is 55.5 Å². The van der Waals surface area contributed by atoms with E-state index in [1.807, 2.05) is 6.07 Å². The number of hydrogen-bond acceptors (Lipinski definition) is 1. The van der Waals surface area contributed by atoms with Gasteiger partial charge >= 0.3 is 0 Å². The Labute approximate surface area is 115 Å². The van der Waals surface area contributed by atoms with Crippen LogP contribution in [0.15, 0.2) is 18.2 Å². The third-order valence-electron chi connectivity index (χ3n) is 4.27. The molecule has 0 radical (unpaired) electrons. The Morgan fingerprint density at radius 1 is 1.22 bits per heavy atom. The molecule has 0 N–H and O–H groups in total. The van der Waals surface area contributed by atoms with Crippen LogP contribution in [0.25, 0.3) is 0 Å². The van der Waals surface area contributed by atoms with Crippen molar-refractivity contribution in [3.63, 3.8) is 0 Å². The molecule has 1 saturated carbocycles. The number of rotatable bonds is 3. The van der Waals surface area contributed by atoms with Crippen molar-refractivity contribution in [1.29, 1.82) is 0 Å². The Bertz CT molecular complexity index is 408. The van der Waals surface area contributed by atoms with Gasteiger partial charge in [0.05, 0.1) is 12.5 Å². The Morgan fingerprint density at radius 2 is 1.89 bits per heavy atom. The number of methoxy groups -OCH3 is 1. The van der Waals surface area contributed by atoms with Crippen molar-refractivity contribution in [2.75, 3.05) is 7.11 Å². The molecule has 0 saturated heterocycles. The van der Waals surface area contributed by atoms with E-state index in [1.54, 1.807) is 7.11 Å². The van der Waals surface area contributed by atoms with E-state index in [0.29, 0.717) is 0 Å². The molecule has 1 aliphatic rings. The molecular weight excluding hydrogens is 244 g/mol. The minimum atomic E-state index is 0.0487. The fourth-order valence-corrected chi connectivity index (χ4v) is 3.43. The van der Waals surface area contributed by atoms with E-state index < -0.39 is 0 Å². The van der Waals surface area contributed by atoms with Crippen LogP contribution in [0.3, 0.4) is 0 Å². The van der Waals surface area contributed by atoms with Crippen molar-refractivity contribution in [3.05, 3.63) is 29.3 Å². The summed E-state index contributed by atoms with van der Waals surface area (Å²) in [4.78, 5) is 0. The molecule has 0 amide bonds. The number of halogens is 1. The fraction of sp³-hybridized carbons (Fsp3) is 0.625. The average Bonchev–Trinajstić information content (AvgIpc) is 2.38. The van der Waals surface area contributed by atoms with Gasteiger partial charge in [0.2, 0.25) is 0 Å². The van der Waals surface area contributed by atoms with Crippen LogP contribution in [-0.4, -0.2) is 7.11 Å². The molecule has 0 spiro atoms. The molecule has 2 rings (SSSR count). The summed E-state index contributed by atoms with van der Waals surface area (Å²) in [5.74, 6) is 0.924. The Balaban J connectivity index is 2.32. The molecule has 1 aliphatic carbocycles. The summed E-state index contributed by atoms with van der Waals surface area (Å²) in [6.45, 7) is 4.43. The van der Waals surface area contributed by atoms with Crippen molar-refractivity contribution >= 4 is 11.6 Å². The summed E-state index contributed by atoms with van der Waals surface area (Å²) in [7, 11) is 1.72. The summed E-state index contributed by atoms with van der Waals surface area (Å²) in [6, 6.07) is 6.29. The van der Waals surface area contributed by atoms with Crippen LogP contribution in [0.2, 0.25) is 0 Å². The SMILES string of the molecule is COc1ccc(C)cc1C(Cl)C1(C)CCCCC1. The van der Waals surface area contributed by atoms with E-state index in [0.717, 1.165) is 11.3 Å². The molecule has 1 atom stereocenters. The van der Waals surface area contributed by atoms with Crippen molar-refractivity contribution in [2.45, 2.75) is 51.3 Å². The molecule has 1 unspecified atom stereocenters. The highest BCUT2D eigenvalue weighted by atomic mass is 35.5. The third-order valence-corrected chi connectivity index (χ3v) is 5.03. The summed E-state index contributed by atoms with van der Waals surface area (Å²) in [5.41, 5.74) is 2.61. The maximum Gasteiger partial charge on any atom is 0.123 e. The molecule has 0 bridgehead atoms. The first-order valence-electron chi connectivity index (χ1n) is 6.85. The molecule has 0 heterocycles. The van der Waals surface area contributed by atoms with Gasteiger partial charge in [0.25, 0.3) is 0 Å². The first-order valence-corrected chi connectivity index (χ1v) is 7.29. The summed E-state index contributed by atoms with van der Waals surface area (Å²) in [5, 5.41) is 0.0487. The van der Waals surface area contributed by atoms with E-state index in [2.05, 4.69) is 26.0 Å². The van der Waals surface area contributed by atoms with Crippen LogP contribution < -0.4 is 4.74 Å². The predicted molar refractivity (Wildman–Crippen MR) is 77.5 cm³/mol. The first kappa shape index (κ1) is 13.7. The van der Waals surface area contributed by atoms with Crippen LogP contribution in [0.4, 0.5) is 0 Å². The molecule has 18 heavy (non-hydrogen) atoms. The number of ether oxygens (including phenoxy) is 1. The number of hydrogen-bond donors (Lipinski definition) is 0. The maximum atomic E-state index is 6.80. The van der Waals surface area contributed by atoms with E-state index in [-0.39, 0.29) is 10.8 Å². The first-order chi connectivity index (χ1) is 8.57. The van der Waals surface area contributed by atoms with Gasteiger partial charge in [-0.25, -0.2) is 0 Å². The van der Waals surface area contributed by atoms with E-state index in [1.165, 1.54) is 37.7 Å². The zero-order valence-corrected chi connectivity index (χ0v) is 12.4. The lowest BCUT2D eigenvalue weighted by Crippen LogP contribution is -2.25. The van der Waals surface area contributed by atoms with Crippen LogP contribution >= 0.6 is 11.6 Å². The Morgan fingerprint density at radius 3 is 2.50 bits per heavy atom. The molecule has 1 aromatic rings. The second kappa shape index (κ2) is 5.52. The minimum Gasteiger partial charge on any atom is -0.496 e. The second-order valence-electron chi connectivity index (χ2n) is 5.82. The van der Waals surface area contributed by atoms with Gasteiger partial charge in [-0.15, -0.1) is 11.6 Å². The smallest absolute Gasteiger partial charge is 0.123 e. The average molecular weight is 267 g/mol. The van der Waals surface area contributed by atoms with Crippen LogP contribution in [0.5, 0.6) is 5.75 Å². The molecule has 2 heteroatoms. The minimum absolute atomic E-state index is 0.0487. The van der Waals surface area contributed by atoms with Gasteiger partial charge in [-0.05, 0) is 31.2 Å². The van der Waals surface area contributed by atoms with Crippen molar-refractivity contribution in [2.24, 2.45) is 5.41 Å². The van der Waals surface area contributed by atoms with E-state index in [9.17, 15) is 0 Å². The maximum absolute atomic E-state index is 6.80. The van der Waals surface area contributed by atoms with Gasteiger partial charge < -0.3 is 4.74 Å². The van der Waals surface area contributed by atoms with Gasteiger partial charge in [0.1, 0.15) is 5.75 Å². The molecular formula is C16H23ClO. The molecule has 1 nitrogen and oxygen atoms in total. The molecule has 100 valence electrons. The lowest BCUT2D eigenvalue weighted by Gasteiger charge is -2.38. The normalized spacial score (nSPS) is 20.4. The largest absolute Gasteiger partial charge is 0.496 e. The summed E-state index contributed by atoms with van der Waals surface area (Å²) >= 11 is 6.80. The Kier molecular flexibility index (Phi) is 4.21. The van der Waals surface area contributed by atoms with Gasteiger partial charge in [0.15, 0.2) is 0 Å². The van der Waals surface area contributed by atoms with Gasteiger partial charge in [0, 0.05) is 5.56 Å². The zero-order valence-electron chi connectivity index (χ0n) is 11.6. The number of alkyl halides is 1. The van der Waals surface area contributed by atoms with Crippen LogP contribution in [-0.2, 0) is 0 Å². The molecule has 0 aromatic heterocycles. The standard InChI is InChI=1S/C16H23ClO/c1-12-7-8-14(18-3)13(11-12)15(17)16(2)9-5-4-6-10-16/h7-8,11,15H,4-6,9-10H2,1-3H3. The monoisotopic (exact) mass is 266 g/mol. The number of benzene rings is 1. The molecule has 1 aromatic carbocycles. The topological polar surface area (TPSA) is 9.23 Å². The lowest BCUT2D eigenvalue weighted by molar-refractivity contribution is 0.204. The quantitative estimate of drug-likeness (QED) is 0.679. The predicted octanol–water partition coefficient (Wildman–Crippen LogP) is 5.25. The summed E-state index contributed by atoms with van der Waals surface area (Å²) < 4.78 is 5.47. The second-order valence-corrected chi connectivity index (χ2v) is 6.26. The van der Waals surface area contributed by atoms with Crippen molar-refractivity contribution in [1.82, 2.24) is 0 Å². The summed E-state index contributed by atoms with van der Waals surface area (Å²) in [6.07, 6.45) is 6.39. The highest BCUT2D eigenvalue weighted by molar-refractivity contribution is 6.21. The zero-order chi connectivity index (χ0) is 13.2. The highest BCUT2D eigenvalue weighted by Gasteiger charge is 2.36. The van der Waals surface area contributed by atoms with Gasteiger partial charge in [-0.3, -0.25) is 0 Å². The Hall–Kier alpha value is -0.690. The highest BCUT2D eigenvalue weighted by Crippen LogP contribution is 2.51. The fourth-order valence-electron chi connectivity index (χ4n) is 3.04. The van der Waals surface area contributed by atoms with Crippen molar-refractivity contribution in [3.8, 4) is 5.75 Å². The lowest BCUT2D eigenvalue weighted by atomic mass is 9.71. The third kappa shape index (κ3) is 2.66. The van der Waals surface area contributed by atoms with Crippen LogP contribution in [0, 0.1) is 12.3 Å². The number of aryl methyl sites for hydroxylation is 1. The van der Waals surface area contributed by atoms with E-state index >= 15 is 0 Å². The molecule has 1 fully saturated rings. The van der Waals surface area contributed by atoms with Gasteiger partial charge in [-0.2, -0.15) is 0 Å². The van der Waals surface area contributed by atoms with Gasteiger partial charge in [-0.1, -0.05) is 43.9 Å². The molecule has 0 aliphatic heterocycles. The van der Waals surface area contributed by atoms with E-state index in [4.69, 9.17) is 16.3 Å². The van der Waals surface area contributed by atoms with Crippen molar-refractivity contribution < 1.29 is 4.74 Å².